The Hall–Kier alpha value is -3.22. The highest BCUT2D eigenvalue weighted by Gasteiger charge is 2.23. The predicted molar refractivity (Wildman–Crippen MR) is 132 cm³/mol. The van der Waals surface area contributed by atoms with E-state index in [2.05, 4.69) is 15.5 Å². The van der Waals surface area contributed by atoms with E-state index >= 15 is 0 Å². The van der Waals surface area contributed by atoms with Crippen molar-refractivity contribution in [1.82, 2.24) is 19.4 Å². The van der Waals surface area contributed by atoms with Crippen LogP contribution in [0, 0.1) is 5.82 Å². The topological polar surface area (TPSA) is 41.4 Å². The minimum absolute atomic E-state index is 0.108. The molecule has 5 rings (SSSR count). The number of rotatable bonds is 6. The van der Waals surface area contributed by atoms with Gasteiger partial charge in [-0.05, 0) is 41.5 Å². The van der Waals surface area contributed by atoms with Gasteiger partial charge in [0.05, 0.1) is 24.0 Å². The van der Waals surface area contributed by atoms with Crippen LogP contribution in [0.15, 0.2) is 72.8 Å². The highest BCUT2D eigenvalue weighted by Crippen LogP contribution is 2.21. The summed E-state index contributed by atoms with van der Waals surface area (Å²) in [6.45, 7) is 4.26. The van der Waals surface area contributed by atoms with Crippen molar-refractivity contribution in [2.75, 3.05) is 26.2 Å². The van der Waals surface area contributed by atoms with Crippen LogP contribution < -0.4 is 0 Å². The van der Waals surface area contributed by atoms with Gasteiger partial charge < -0.3 is 9.47 Å². The number of carbonyl (C=O) groups excluding carboxylic acids is 1. The van der Waals surface area contributed by atoms with Crippen molar-refractivity contribution in [3.05, 3.63) is 101 Å². The molecule has 7 heteroatoms. The number of hydrogen-bond donors (Lipinski definition) is 0. The molecular weight excluding hydrogens is 451 g/mol. The Morgan fingerprint density at radius 2 is 1.59 bits per heavy atom. The number of benzene rings is 3. The summed E-state index contributed by atoms with van der Waals surface area (Å²) in [4.78, 5) is 21.9. The van der Waals surface area contributed by atoms with E-state index in [1.807, 2.05) is 59.5 Å². The molecule has 1 aliphatic rings. The molecule has 34 heavy (non-hydrogen) atoms. The fourth-order valence-corrected chi connectivity index (χ4v) is 4.67. The van der Waals surface area contributed by atoms with Gasteiger partial charge in [0.2, 0.25) is 5.91 Å². The average Bonchev–Trinajstić information content (AvgIpc) is 3.19. The molecule has 0 radical (unpaired) electrons. The molecule has 0 bridgehead atoms. The lowest BCUT2D eigenvalue weighted by molar-refractivity contribution is -0.132. The van der Waals surface area contributed by atoms with Crippen LogP contribution in [0.5, 0.6) is 0 Å². The van der Waals surface area contributed by atoms with E-state index < -0.39 is 0 Å². The molecule has 0 aliphatic carbocycles. The maximum Gasteiger partial charge on any atom is 0.227 e. The van der Waals surface area contributed by atoms with Crippen LogP contribution in [0.3, 0.4) is 0 Å². The lowest BCUT2D eigenvalue weighted by Gasteiger charge is -2.34. The first-order valence-electron chi connectivity index (χ1n) is 11.5. The number of fused-ring (bicyclic) bond motifs is 1. The first-order chi connectivity index (χ1) is 16.6. The Kier molecular flexibility index (Phi) is 6.61. The van der Waals surface area contributed by atoms with E-state index in [0.717, 1.165) is 41.1 Å². The molecule has 0 saturated carbocycles. The van der Waals surface area contributed by atoms with Gasteiger partial charge in [-0.3, -0.25) is 9.69 Å². The second kappa shape index (κ2) is 9.95. The van der Waals surface area contributed by atoms with Crippen LogP contribution in [0.2, 0.25) is 5.02 Å². The normalized spacial score (nSPS) is 14.6. The number of amides is 1. The number of piperazine rings is 1. The number of halogens is 2. The van der Waals surface area contributed by atoms with Crippen molar-refractivity contribution in [2.45, 2.75) is 19.5 Å². The molecule has 0 spiro atoms. The Morgan fingerprint density at radius 1 is 0.882 bits per heavy atom. The summed E-state index contributed by atoms with van der Waals surface area (Å²) in [6.07, 6.45) is 0.327. The number of aromatic nitrogens is 2. The lowest BCUT2D eigenvalue weighted by Crippen LogP contribution is -2.49. The van der Waals surface area contributed by atoms with Gasteiger partial charge in [0, 0.05) is 37.7 Å². The maximum absolute atomic E-state index is 13.4. The van der Waals surface area contributed by atoms with Gasteiger partial charge in [0.25, 0.3) is 0 Å². The number of imidazole rings is 1. The van der Waals surface area contributed by atoms with Crippen LogP contribution >= 0.6 is 11.6 Å². The van der Waals surface area contributed by atoms with Crippen molar-refractivity contribution >= 4 is 28.5 Å². The van der Waals surface area contributed by atoms with E-state index in [9.17, 15) is 9.18 Å². The standard InChI is InChI=1S/C27H26ClFN4O/c28-23-6-2-1-5-21(23)17-27(34)32-15-13-31(14-16-32)19-26-30-24-7-3-4-8-25(24)33(26)18-20-9-11-22(29)12-10-20/h1-12H,13-19H2. The van der Waals surface area contributed by atoms with Gasteiger partial charge in [-0.2, -0.15) is 0 Å². The number of carbonyl (C=O) groups is 1. The molecule has 2 heterocycles. The lowest BCUT2D eigenvalue weighted by atomic mass is 10.1. The van der Waals surface area contributed by atoms with Crippen LogP contribution in [0.25, 0.3) is 11.0 Å². The molecule has 0 N–H and O–H groups in total. The minimum Gasteiger partial charge on any atom is -0.340 e. The number of hydrogen-bond acceptors (Lipinski definition) is 3. The zero-order valence-corrected chi connectivity index (χ0v) is 19.6. The van der Waals surface area contributed by atoms with E-state index in [1.54, 1.807) is 0 Å². The van der Waals surface area contributed by atoms with Crippen molar-refractivity contribution in [3.8, 4) is 0 Å². The molecule has 174 valence electrons. The Labute approximate surface area is 203 Å². The predicted octanol–water partition coefficient (Wildman–Crippen LogP) is 4.76. The molecule has 3 aromatic carbocycles. The number of para-hydroxylation sites is 2. The van der Waals surface area contributed by atoms with Crippen LogP contribution in [-0.4, -0.2) is 51.4 Å². The Bertz CT molecular complexity index is 1300. The fourth-order valence-electron chi connectivity index (χ4n) is 4.47. The third-order valence-electron chi connectivity index (χ3n) is 6.38. The first kappa shape index (κ1) is 22.6. The van der Waals surface area contributed by atoms with Gasteiger partial charge in [0.1, 0.15) is 11.6 Å². The SMILES string of the molecule is O=C(Cc1ccccc1Cl)N1CCN(Cc2nc3ccccc3n2Cc2ccc(F)cc2)CC1. The molecular formula is C27H26ClFN4O. The zero-order valence-electron chi connectivity index (χ0n) is 18.8. The monoisotopic (exact) mass is 476 g/mol. The third kappa shape index (κ3) is 4.98. The molecule has 1 amide bonds. The van der Waals surface area contributed by atoms with E-state index in [-0.39, 0.29) is 11.7 Å². The summed E-state index contributed by atoms with van der Waals surface area (Å²) in [7, 11) is 0. The number of nitrogens with zero attached hydrogens (tertiary/aromatic N) is 4. The summed E-state index contributed by atoms with van der Waals surface area (Å²) >= 11 is 6.23. The summed E-state index contributed by atoms with van der Waals surface area (Å²) in [5, 5.41) is 0.634. The van der Waals surface area contributed by atoms with Crippen LogP contribution in [-0.2, 0) is 24.3 Å². The summed E-state index contributed by atoms with van der Waals surface area (Å²) in [6, 6.07) is 22.2. The molecule has 1 saturated heterocycles. The smallest absolute Gasteiger partial charge is 0.227 e. The van der Waals surface area contributed by atoms with Crippen molar-refractivity contribution in [3.63, 3.8) is 0 Å². The summed E-state index contributed by atoms with van der Waals surface area (Å²) in [5.74, 6) is 0.846. The van der Waals surface area contributed by atoms with Crippen molar-refractivity contribution < 1.29 is 9.18 Å². The van der Waals surface area contributed by atoms with E-state index in [1.165, 1.54) is 12.1 Å². The highest BCUT2D eigenvalue weighted by molar-refractivity contribution is 6.31. The van der Waals surface area contributed by atoms with Crippen LogP contribution in [0.1, 0.15) is 17.0 Å². The second-order valence-electron chi connectivity index (χ2n) is 8.65. The van der Waals surface area contributed by atoms with Crippen LogP contribution in [0.4, 0.5) is 4.39 Å². The maximum atomic E-state index is 13.4. The largest absolute Gasteiger partial charge is 0.340 e. The Morgan fingerprint density at radius 3 is 2.35 bits per heavy atom. The zero-order chi connectivity index (χ0) is 23.5. The van der Waals surface area contributed by atoms with Gasteiger partial charge in [0.15, 0.2) is 0 Å². The van der Waals surface area contributed by atoms with Gasteiger partial charge >= 0.3 is 0 Å². The fraction of sp³-hybridized carbons (Fsp3) is 0.259. The minimum atomic E-state index is -0.235. The van der Waals surface area contributed by atoms with Crippen molar-refractivity contribution in [1.29, 1.82) is 0 Å². The third-order valence-corrected chi connectivity index (χ3v) is 6.75. The summed E-state index contributed by atoms with van der Waals surface area (Å²) < 4.78 is 15.6. The molecule has 1 aliphatic heterocycles. The van der Waals surface area contributed by atoms with Gasteiger partial charge in [-0.15, -0.1) is 0 Å². The van der Waals surface area contributed by atoms with E-state index in [0.29, 0.717) is 37.6 Å². The average molecular weight is 477 g/mol. The molecule has 1 aromatic heterocycles. The molecule has 0 unspecified atom stereocenters. The highest BCUT2D eigenvalue weighted by atomic mass is 35.5. The second-order valence-corrected chi connectivity index (χ2v) is 9.06. The quantitative estimate of drug-likeness (QED) is 0.403. The van der Waals surface area contributed by atoms with Gasteiger partial charge in [-0.1, -0.05) is 54.1 Å². The summed E-state index contributed by atoms with van der Waals surface area (Å²) in [5.41, 5.74) is 3.91. The molecule has 4 aromatic rings. The van der Waals surface area contributed by atoms with Crippen molar-refractivity contribution in [2.24, 2.45) is 0 Å². The van der Waals surface area contributed by atoms with Gasteiger partial charge in [-0.25, -0.2) is 9.37 Å². The Balaban J connectivity index is 1.26. The molecule has 1 fully saturated rings. The van der Waals surface area contributed by atoms with E-state index in [4.69, 9.17) is 16.6 Å². The first-order valence-corrected chi connectivity index (χ1v) is 11.9. The molecule has 0 atom stereocenters. The molecule has 5 nitrogen and oxygen atoms in total.